The number of aliphatic hydroxyl groups excluding tert-OH is 1. The van der Waals surface area contributed by atoms with E-state index in [1.54, 1.807) is 0 Å². The monoisotopic (exact) mass is 337 g/mol. The van der Waals surface area contributed by atoms with Gasteiger partial charge >= 0.3 is 0 Å². The number of hydrogen-bond donors (Lipinski definition) is 1. The minimum Gasteiger partial charge on any atom is -0.393 e. The summed E-state index contributed by atoms with van der Waals surface area (Å²) in [5, 5.41) is 9.92. The van der Waals surface area contributed by atoms with Crippen molar-refractivity contribution in [3.63, 3.8) is 0 Å². The van der Waals surface area contributed by atoms with Gasteiger partial charge in [0.05, 0.1) is 18.0 Å². The molecule has 5 heteroatoms. The fraction of sp³-hybridized carbons (Fsp3) is 0.533. The Morgan fingerprint density at radius 3 is 3.05 bits per heavy atom. The Kier molecular flexibility index (Phi) is 4.10. The molecule has 0 amide bonds. The van der Waals surface area contributed by atoms with Crippen LogP contribution in [-0.2, 0) is 6.54 Å². The van der Waals surface area contributed by atoms with Crippen LogP contribution in [0, 0.1) is 5.92 Å². The van der Waals surface area contributed by atoms with Crippen LogP contribution in [0.15, 0.2) is 29.0 Å². The van der Waals surface area contributed by atoms with E-state index < -0.39 is 0 Å². The lowest BCUT2D eigenvalue weighted by atomic mass is 10.1. The summed E-state index contributed by atoms with van der Waals surface area (Å²) in [7, 11) is 2.11. The van der Waals surface area contributed by atoms with Crippen LogP contribution in [0.1, 0.15) is 25.0 Å². The van der Waals surface area contributed by atoms with E-state index in [0.717, 1.165) is 42.5 Å². The second kappa shape index (κ2) is 5.84. The molecule has 3 rings (SSSR count). The summed E-state index contributed by atoms with van der Waals surface area (Å²) < 4.78 is 3.17. The van der Waals surface area contributed by atoms with E-state index in [-0.39, 0.29) is 6.10 Å². The lowest BCUT2D eigenvalue weighted by Gasteiger charge is -2.22. The molecule has 108 valence electrons. The van der Waals surface area contributed by atoms with E-state index in [1.807, 2.05) is 18.3 Å². The summed E-state index contributed by atoms with van der Waals surface area (Å²) in [5.74, 6) is 0.422. The Morgan fingerprint density at radius 2 is 2.30 bits per heavy atom. The van der Waals surface area contributed by atoms with Gasteiger partial charge in [-0.2, -0.15) is 0 Å². The molecule has 2 atom stereocenters. The molecule has 4 nitrogen and oxygen atoms in total. The first-order chi connectivity index (χ1) is 9.63. The highest BCUT2D eigenvalue weighted by Gasteiger charge is 2.26. The van der Waals surface area contributed by atoms with Gasteiger partial charge in [0.25, 0.3) is 0 Å². The number of halogens is 1. The zero-order valence-corrected chi connectivity index (χ0v) is 13.3. The van der Waals surface area contributed by atoms with Gasteiger partial charge in [0, 0.05) is 23.8 Å². The highest BCUT2D eigenvalue weighted by molar-refractivity contribution is 9.10. The Labute approximate surface area is 127 Å². The Morgan fingerprint density at radius 1 is 1.45 bits per heavy atom. The maximum atomic E-state index is 9.92. The van der Waals surface area contributed by atoms with Crippen LogP contribution in [0.4, 0.5) is 0 Å². The van der Waals surface area contributed by atoms with Crippen LogP contribution < -0.4 is 0 Å². The molecule has 0 spiro atoms. The highest BCUT2D eigenvalue weighted by Crippen LogP contribution is 2.26. The fourth-order valence-electron chi connectivity index (χ4n) is 3.09. The van der Waals surface area contributed by atoms with Crippen molar-refractivity contribution in [3.05, 3.63) is 34.7 Å². The van der Waals surface area contributed by atoms with Gasteiger partial charge < -0.3 is 14.4 Å². The molecule has 2 heterocycles. The molecule has 1 aliphatic rings. The normalized spacial score (nSPS) is 23.0. The molecule has 0 aliphatic heterocycles. The van der Waals surface area contributed by atoms with E-state index in [9.17, 15) is 5.11 Å². The van der Waals surface area contributed by atoms with Crippen molar-refractivity contribution < 1.29 is 5.11 Å². The van der Waals surface area contributed by atoms with Gasteiger partial charge in [-0.15, -0.1) is 0 Å². The first-order valence-corrected chi connectivity index (χ1v) is 7.91. The molecule has 2 aromatic rings. The average molecular weight is 338 g/mol. The van der Waals surface area contributed by atoms with Crippen molar-refractivity contribution in [2.75, 3.05) is 13.6 Å². The van der Waals surface area contributed by atoms with Crippen LogP contribution >= 0.6 is 15.9 Å². The van der Waals surface area contributed by atoms with E-state index in [1.165, 1.54) is 5.69 Å². The van der Waals surface area contributed by atoms with Crippen LogP contribution in [0.3, 0.4) is 0 Å². The van der Waals surface area contributed by atoms with Crippen LogP contribution in [-0.4, -0.2) is 39.1 Å². The van der Waals surface area contributed by atoms with Crippen molar-refractivity contribution in [3.8, 4) is 0 Å². The van der Waals surface area contributed by atoms with Crippen molar-refractivity contribution in [1.82, 2.24) is 14.3 Å². The molecule has 2 unspecified atom stereocenters. The first kappa shape index (κ1) is 14.0. The van der Waals surface area contributed by atoms with Gasteiger partial charge in [-0.1, -0.05) is 6.42 Å². The van der Waals surface area contributed by atoms with Crippen LogP contribution in [0.5, 0.6) is 0 Å². The predicted octanol–water partition coefficient (Wildman–Crippen LogP) is 2.69. The standard InChI is InChI=1S/C15H20BrN3O/c1-18(8-11-3-2-4-14(11)20)10-13-7-17-15-6-5-12(16)9-19(13)15/h5-7,9,11,14,20H,2-4,8,10H2,1H3. The third-order valence-corrected chi connectivity index (χ3v) is 4.61. The predicted molar refractivity (Wildman–Crippen MR) is 82.6 cm³/mol. The van der Waals surface area contributed by atoms with Crippen LogP contribution in [0.2, 0.25) is 0 Å². The lowest BCUT2D eigenvalue weighted by molar-refractivity contribution is 0.107. The molecule has 0 bridgehead atoms. The number of aliphatic hydroxyl groups is 1. The fourth-order valence-corrected chi connectivity index (χ4v) is 3.43. The molecular weight excluding hydrogens is 318 g/mol. The Bertz CT molecular complexity index is 598. The topological polar surface area (TPSA) is 40.8 Å². The van der Waals surface area contributed by atoms with Gasteiger partial charge in [0.15, 0.2) is 0 Å². The smallest absolute Gasteiger partial charge is 0.136 e. The zero-order valence-electron chi connectivity index (χ0n) is 11.7. The molecule has 2 aromatic heterocycles. The molecule has 0 aromatic carbocycles. The molecule has 1 saturated carbocycles. The van der Waals surface area contributed by atoms with Gasteiger partial charge in [-0.25, -0.2) is 4.98 Å². The summed E-state index contributed by atoms with van der Waals surface area (Å²) in [6, 6.07) is 4.01. The van der Waals surface area contributed by atoms with Gasteiger partial charge in [0.1, 0.15) is 5.65 Å². The molecule has 0 radical (unpaired) electrons. The van der Waals surface area contributed by atoms with Crippen molar-refractivity contribution in [1.29, 1.82) is 0 Å². The number of aromatic nitrogens is 2. The molecule has 0 saturated heterocycles. The third kappa shape index (κ3) is 2.90. The minimum atomic E-state index is -0.117. The second-order valence-electron chi connectivity index (χ2n) is 5.78. The van der Waals surface area contributed by atoms with E-state index in [4.69, 9.17) is 0 Å². The number of pyridine rings is 1. The molecule has 1 N–H and O–H groups in total. The van der Waals surface area contributed by atoms with E-state index in [0.29, 0.717) is 5.92 Å². The maximum Gasteiger partial charge on any atom is 0.136 e. The maximum absolute atomic E-state index is 9.92. The molecule has 1 fully saturated rings. The highest BCUT2D eigenvalue weighted by atomic mass is 79.9. The Balaban J connectivity index is 1.70. The van der Waals surface area contributed by atoms with E-state index in [2.05, 4.69) is 43.5 Å². The first-order valence-electron chi connectivity index (χ1n) is 7.11. The number of imidazole rings is 1. The van der Waals surface area contributed by atoms with Crippen molar-refractivity contribution >= 4 is 21.6 Å². The SMILES string of the molecule is CN(Cc1cnc2ccc(Br)cn12)CC1CCCC1O. The zero-order chi connectivity index (χ0) is 14.1. The number of hydrogen-bond acceptors (Lipinski definition) is 3. The number of fused-ring (bicyclic) bond motifs is 1. The largest absolute Gasteiger partial charge is 0.393 e. The number of nitrogens with zero attached hydrogens (tertiary/aromatic N) is 3. The summed E-state index contributed by atoms with van der Waals surface area (Å²) in [6.45, 7) is 1.79. The summed E-state index contributed by atoms with van der Waals surface area (Å²) in [5.41, 5.74) is 2.15. The minimum absolute atomic E-state index is 0.117. The van der Waals surface area contributed by atoms with Gasteiger partial charge in [-0.3, -0.25) is 0 Å². The number of rotatable bonds is 4. The van der Waals surface area contributed by atoms with Crippen LogP contribution in [0.25, 0.3) is 5.65 Å². The molecule has 1 aliphatic carbocycles. The van der Waals surface area contributed by atoms with Crippen molar-refractivity contribution in [2.24, 2.45) is 5.92 Å². The molecule has 20 heavy (non-hydrogen) atoms. The summed E-state index contributed by atoms with van der Waals surface area (Å²) in [6.07, 6.45) is 7.13. The van der Waals surface area contributed by atoms with Crippen molar-refractivity contribution in [2.45, 2.75) is 31.9 Å². The second-order valence-corrected chi connectivity index (χ2v) is 6.70. The lowest BCUT2D eigenvalue weighted by Crippen LogP contribution is -2.29. The quantitative estimate of drug-likeness (QED) is 0.932. The van der Waals surface area contributed by atoms with Gasteiger partial charge in [0.2, 0.25) is 0 Å². The Hall–Kier alpha value is -0.910. The third-order valence-electron chi connectivity index (χ3n) is 4.14. The summed E-state index contributed by atoms with van der Waals surface area (Å²) in [4.78, 5) is 6.71. The van der Waals surface area contributed by atoms with E-state index >= 15 is 0 Å². The average Bonchev–Trinajstić information content (AvgIpc) is 2.98. The van der Waals surface area contributed by atoms with Gasteiger partial charge in [-0.05, 0) is 53.9 Å². The summed E-state index contributed by atoms with van der Waals surface area (Å²) >= 11 is 3.50. The molecular formula is C15H20BrN3O.